The number of benzene rings is 6. The number of nitrogens with zero attached hydrogens (tertiary/aromatic N) is 7. The molecule has 2 aromatic heterocycles. The Morgan fingerprint density at radius 1 is 0.750 bits per heavy atom. The molecule has 0 N–H and O–H groups in total. The number of hydrogen-bond acceptors (Lipinski definition) is 7. The number of hydroxylamine groups is 2. The van der Waals surface area contributed by atoms with Gasteiger partial charge in [-0.05, 0) is 87.2 Å². The molecule has 0 aliphatic carbocycles. The van der Waals surface area contributed by atoms with E-state index in [0.29, 0.717) is 23.8 Å². The lowest BCUT2D eigenvalue weighted by atomic mass is 9.77. The lowest BCUT2D eigenvalue weighted by molar-refractivity contribution is -0.149. The molecule has 0 radical (unpaired) electrons. The molecule has 2 aliphatic rings. The average Bonchev–Trinajstić information content (AvgIpc) is 4.07. The normalized spacial score (nSPS) is 16.7. The lowest BCUT2D eigenvalue weighted by Crippen LogP contribution is -2.39. The monoisotopic (exact) mass is 789 g/mol. The van der Waals surface area contributed by atoms with Crippen molar-refractivity contribution in [2.45, 2.75) is 69.7 Å². The second kappa shape index (κ2) is 16.2. The third kappa shape index (κ3) is 6.73. The molecule has 8 aromatic rings. The minimum absolute atomic E-state index is 0.00793. The molecule has 9 nitrogen and oxygen atoms in total. The van der Waals surface area contributed by atoms with Gasteiger partial charge in [-0.25, -0.2) is 9.67 Å². The van der Waals surface area contributed by atoms with Crippen molar-refractivity contribution in [2.24, 2.45) is 0 Å². The van der Waals surface area contributed by atoms with Gasteiger partial charge in [0.05, 0.1) is 17.4 Å². The Bertz CT molecular complexity index is 2700. The van der Waals surface area contributed by atoms with E-state index in [0.717, 1.165) is 88.1 Å². The number of fused-ring (bicyclic) bond motifs is 2. The number of unbranched alkanes of at least 4 members (excludes halogenated alkanes) is 1. The third-order valence-corrected chi connectivity index (χ3v) is 12.4. The number of tetrazole rings is 1. The fourth-order valence-corrected chi connectivity index (χ4v) is 9.40. The summed E-state index contributed by atoms with van der Waals surface area (Å²) in [6.45, 7) is 3.57. The van der Waals surface area contributed by atoms with Gasteiger partial charge >= 0.3 is 0 Å². The molecule has 2 fully saturated rings. The summed E-state index contributed by atoms with van der Waals surface area (Å²) in [5.74, 6) is 1.46. The molecular weight excluding hydrogens is 743 g/mol. The van der Waals surface area contributed by atoms with Crippen molar-refractivity contribution in [3.63, 3.8) is 0 Å². The molecule has 0 amide bonds. The SMILES string of the molecule is CCCCc1nc2ccc([C@@H]3C[C@H]4CCCN4O3)cc2c(=O)n1Cc1ccc(-c2ccccc2-c2nnnn2C(c2ccccc2)(c2ccccc2)c2ccccc2)cc1. The maximum absolute atomic E-state index is 14.4. The van der Waals surface area contributed by atoms with Gasteiger partial charge in [0, 0.05) is 24.6 Å². The zero-order valence-electron chi connectivity index (χ0n) is 33.8. The van der Waals surface area contributed by atoms with E-state index in [-0.39, 0.29) is 11.7 Å². The van der Waals surface area contributed by atoms with Gasteiger partial charge in [-0.15, -0.1) is 5.10 Å². The van der Waals surface area contributed by atoms with Crippen LogP contribution in [-0.2, 0) is 23.3 Å². The summed E-state index contributed by atoms with van der Waals surface area (Å²) in [6.07, 6.45) is 5.99. The first-order chi connectivity index (χ1) is 29.6. The number of rotatable bonds is 12. The van der Waals surface area contributed by atoms with Gasteiger partial charge in [-0.1, -0.05) is 159 Å². The molecule has 298 valence electrons. The molecular formula is C51H47N7O2. The van der Waals surface area contributed by atoms with Crippen LogP contribution < -0.4 is 5.56 Å². The van der Waals surface area contributed by atoms with Crippen LogP contribution in [0, 0.1) is 0 Å². The van der Waals surface area contributed by atoms with Gasteiger partial charge in [-0.3, -0.25) is 14.2 Å². The summed E-state index contributed by atoms with van der Waals surface area (Å²) in [6, 6.07) is 54.7. The van der Waals surface area contributed by atoms with Gasteiger partial charge in [0.25, 0.3) is 5.56 Å². The Balaban J connectivity index is 1.02. The van der Waals surface area contributed by atoms with Crippen molar-refractivity contribution in [1.29, 1.82) is 0 Å². The van der Waals surface area contributed by atoms with Gasteiger partial charge in [0.1, 0.15) is 17.5 Å². The summed E-state index contributed by atoms with van der Waals surface area (Å²) < 4.78 is 3.85. The fraction of sp³-hybridized carbons (Fsp3) is 0.235. The number of aromatic nitrogens is 6. The Morgan fingerprint density at radius 2 is 1.40 bits per heavy atom. The van der Waals surface area contributed by atoms with E-state index in [1.54, 1.807) is 0 Å². The first-order valence-corrected chi connectivity index (χ1v) is 21.2. The van der Waals surface area contributed by atoms with Crippen molar-refractivity contribution in [2.75, 3.05) is 6.54 Å². The Hall–Kier alpha value is -6.55. The smallest absolute Gasteiger partial charge is 0.261 e. The molecule has 9 heteroatoms. The fourth-order valence-electron chi connectivity index (χ4n) is 9.40. The van der Waals surface area contributed by atoms with Crippen LogP contribution in [0.25, 0.3) is 33.4 Å². The van der Waals surface area contributed by atoms with Crippen molar-refractivity contribution in [3.05, 3.63) is 202 Å². The van der Waals surface area contributed by atoms with Crippen LogP contribution >= 0.6 is 0 Å². The Morgan fingerprint density at radius 3 is 2.05 bits per heavy atom. The van der Waals surface area contributed by atoms with Gasteiger partial charge in [0.15, 0.2) is 5.82 Å². The van der Waals surface area contributed by atoms with E-state index < -0.39 is 5.54 Å². The molecule has 10 rings (SSSR count). The van der Waals surface area contributed by atoms with Gasteiger partial charge < -0.3 is 0 Å². The predicted octanol–water partition coefficient (Wildman–Crippen LogP) is 9.79. The quantitative estimate of drug-likeness (QED) is 0.114. The summed E-state index contributed by atoms with van der Waals surface area (Å²) in [7, 11) is 0. The minimum Gasteiger partial charge on any atom is -0.292 e. The molecule has 60 heavy (non-hydrogen) atoms. The molecule has 4 heterocycles. The topological polar surface area (TPSA) is 91.0 Å². The highest BCUT2D eigenvalue weighted by Crippen LogP contribution is 2.44. The first kappa shape index (κ1) is 37.7. The zero-order chi connectivity index (χ0) is 40.5. The molecule has 0 unspecified atom stereocenters. The molecule has 2 saturated heterocycles. The van der Waals surface area contributed by atoms with E-state index in [1.807, 2.05) is 45.6 Å². The van der Waals surface area contributed by atoms with E-state index >= 15 is 0 Å². The summed E-state index contributed by atoms with van der Waals surface area (Å²) in [5.41, 5.74) is 7.97. The molecule has 0 spiro atoms. The highest BCUT2D eigenvalue weighted by atomic mass is 16.7. The van der Waals surface area contributed by atoms with Gasteiger partial charge in [-0.2, -0.15) is 5.06 Å². The van der Waals surface area contributed by atoms with Crippen LogP contribution in [0.2, 0.25) is 0 Å². The number of hydrogen-bond donors (Lipinski definition) is 0. The summed E-state index contributed by atoms with van der Waals surface area (Å²) in [4.78, 5) is 25.8. The summed E-state index contributed by atoms with van der Waals surface area (Å²) >= 11 is 0. The average molecular weight is 790 g/mol. The van der Waals surface area contributed by atoms with E-state index in [2.05, 4.69) is 139 Å². The lowest BCUT2D eigenvalue weighted by Gasteiger charge is -2.36. The van der Waals surface area contributed by atoms with Crippen LogP contribution in [0.15, 0.2) is 163 Å². The highest BCUT2D eigenvalue weighted by molar-refractivity contribution is 5.81. The summed E-state index contributed by atoms with van der Waals surface area (Å²) in [5, 5.41) is 16.7. The zero-order valence-corrected chi connectivity index (χ0v) is 33.8. The van der Waals surface area contributed by atoms with Crippen LogP contribution in [0.5, 0.6) is 0 Å². The maximum Gasteiger partial charge on any atom is 0.261 e. The van der Waals surface area contributed by atoms with E-state index in [9.17, 15) is 4.79 Å². The largest absolute Gasteiger partial charge is 0.292 e. The molecule has 0 saturated carbocycles. The third-order valence-electron chi connectivity index (χ3n) is 12.4. The van der Waals surface area contributed by atoms with Crippen molar-refractivity contribution >= 4 is 10.9 Å². The predicted molar refractivity (Wildman–Crippen MR) is 235 cm³/mol. The van der Waals surface area contributed by atoms with Crippen molar-refractivity contribution in [1.82, 2.24) is 34.8 Å². The van der Waals surface area contributed by atoms with Crippen LogP contribution in [0.1, 0.15) is 78.8 Å². The first-order valence-electron chi connectivity index (χ1n) is 21.2. The molecule has 0 bridgehead atoms. The van der Waals surface area contributed by atoms with Crippen LogP contribution in [-0.4, -0.2) is 47.4 Å². The minimum atomic E-state index is -0.877. The Kier molecular flexibility index (Phi) is 10.2. The van der Waals surface area contributed by atoms with Crippen LogP contribution in [0.3, 0.4) is 0 Å². The molecule has 2 atom stereocenters. The van der Waals surface area contributed by atoms with Crippen molar-refractivity contribution < 1.29 is 4.84 Å². The number of aryl methyl sites for hydroxylation is 1. The van der Waals surface area contributed by atoms with Gasteiger partial charge in [0.2, 0.25) is 0 Å². The maximum atomic E-state index is 14.4. The van der Waals surface area contributed by atoms with E-state index in [4.69, 9.17) is 20.1 Å². The van der Waals surface area contributed by atoms with Crippen LogP contribution in [0.4, 0.5) is 0 Å². The Labute approximate surface area is 349 Å². The molecule has 6 aromatic carbocycles. The second-order valence-electron chi connectivity index (χ2n) is 16.0. The van der Waals surface area contributed by atoms with E-state index in [1.165, 1.54) is 12.8 Å². The second-order valence-corrected chi connectivity index (χ2v) is 16.0. The highest BCUT2D eigenvalue weighted by Gasteiger charge is 2.42. The standard InChI is InChI=1S/C51H47N7O2/c1-2-3-25-48-52-46-31-30-38(47-34-42-22-15-32-57(42)60-47)33-45(46)50(59)56(48)35-36-26-28-37(29-27-36)43-23-13-14-24-44(43)49-53-54-55-58(49)51(39-16-7-4-8-17-39,40-18-9-5-10-19-40)41-20-11-6-12-21-41/h4-14,16-21,23-24,26-31,33,42,47H,2-3,15,22,25,32,34-35H2,1H3/t42-,47+/m1/s1. The molecule has 2 aliphatic heterocycles. The van der Waals surface area contributed by atoms with Crippen molar-refractivity contribution in [3.8, 4) is 22.5 Å².